The summed E-state index contributed by atoms with van der Waals surface area (Å²) in [5, 5.41) is 14.4. The zero-order valence-electron chi connectivity index (χ0n) is 8.14. The fourth-order valence-electron chi connectivity index (χ4n) is 1.09. The van der Waals surface area contributed by atoms with Crippen molar-refractivity contribution in [1.82, 2.24) is 15.2 Å². The molecule has 0 atom stereocenters. The highest BCUT2D eigenvalue weighted by Crippen LogP contribution is 2.14. The van der Waals surface area contributed by atoms with Crippen LogP contribution in [0.3, 0.4) is 0 Å². The molecule has 0 bridgehead atoms. The second kappa shape index (κ2) is 4.51. The summed E-state index contributed by atoms with van der Waals surface area (Å²) < 4.78 is 1.35. The SMILES string of the molecule is Cc1nn(CCC(=O)NN)cc1[N+](=O)[O-]. The fourth-order valence-corrected chi connectivity index (χ4v) is 1.09. The van der Waals surface area contributed by atoms with Crippen molar-refractivity contribution in [3.8, 4) is 0 Å². The average Bonchev–Trinajstić information content (AvgIpc) is 2.56. The van der Waals surface area contributed by atoms with Gasteiger partial charge < -0.3 is 0 Å². The first-order chi connectivity index (χ1) is 7.04. The number of aromatic nitrogens is 2. The molecule has 0 aliphatic heterocycles. The quantitative estimate of drug-likeness (QED) is 0.302. The van der Waals surface area contributed by atoms with E-state index in [4.69, 9.17) is 5.84 Å². The van der Waals surface area contributed by atoms with Gasteiger partial charge in [-0.1, -0.05) is 0 Å². The minimum atomic E-state index is -0.512. The standard InChI is InChI=1S/C7H11N5O3/c1-5-6(12(14)15)4-11(10-5)3-2-7(13)9-8/h4H,2-3,8H2,1H3,(H,9,13). The van der Waals surface area contributed by atoms with Gasteiger partial charge in [-0.25, -0.2) is 5.84 Å². The molecule has 82 valence electrons. The number of carbonyl (C=O) groups excluding carboxylic acids is 1. The van der Waals surface area contributed by atoms with Crippen LogP contribution in [0.25, 0.3) is 0 Å². The molecule has 1 amide bonds. The van der Waals surface area contributed by atoms with Crippen molar-refractivity contribution in [2.75, 3.05) is 0 Å². The first kappa shape index (κ1) is 11.1. The molecule has 0 saturated carbocycles. The number of nitro groups is 1. The molecule has 0 aliphatic rings. The number of hydrazine groups is 1. The molecule has 1 rings (SSSR count). The lowest BCUT2D eigenvalue weighted by molar-refractivity contribution is -0.385. The molecule has 0 fully saturated rings. The maximum atomic E-state index is 10.8. The Kier molecular flexibility index (Phi) is 3.34. The largest absolute Gasteiger partial charge is 0.309 e. The van der Waals surface area contributed by atoms with E-state index < -0.39 is 4.92 Å². The summed E-state index contributed by atoms with van der Waals surface area (Å²) in [6.07, 6.45) is 1.42. The van der Waals surface area contributed by atoms with Crippen LogP contribution < -0.4 is 11.3 Å². The smallest absolute Gasteiger partial charge is 0.294 e. The number of rotatable bonds is 4. The maximum Gasteiger partial charge on any atom is 0.309 e. The number of hydrogen-bond donors (Lipinski definition) is 2. The van der Waals surface area contributed by atoms with Crippen molar-refractivity contribution < 1.29 is 9.72 Å². The molecule has 0 spiro atoms. The molecule has 15 heavy (non-hydrogen) atoms. The Labute approximate surface area is 85.2 Å². The summed E-state index contributed by atoms with van der Waals surface area (Å²) in [5.74, 6) is 4.54. The first-order valence-electron chi connectivity index (χ1n) is 4.22. The van der Waals surface area contributed by atoms with Gasteiger partial charge >= 0.3 is 5.69 Å². The second-order valence-electron chi connectivity index (χ2n) is 2.94. The van der Waals surface area contributed by atoms with Gasteiger partial charge in [0, 0.05) is 6.42 Å². The Morgan fingerprint density at radius 2 is 2.47 bits per heavy atom. The Hall–Kier alpha value is -1.96. The van der Waals surface area contributed by atoms with E-state index in [1.54, 1.807) is 0 Å². The minimum Gasteiger partial charge on any atom is -0.294 e. The van der Waals surface area contributed by atoms with Crippen molar-refractivity contribution in [3.05, 3.63) is 22.0 Å². The van der Waals surface area contributed by atoms with Crippen LogP contribution in [-0.2, 0) is 11.3 Å². The highest BCUT2D eigenvalue weighted by molar-refractivity contribution is 5.74. The van der Waals surface area contributed by atoms with Gasteiger partial charge in [0.05, 0.1) is 11.5 Å². The average molecular weight is 213 g/mol. The molecule has 1 aromatic rings. The molecule has 3 N–H and O–H groups in total. The van der Waals surface area contributed by atoms with E-state index in [0.29, 0.717) is 5.69 Å². The normalized spacial score (nSPS) is 10.0. The summed E-state index contributed by atoms with van der Waals surface area (Å²) in [5.41, 5.74) is 2.24. The van der Waals surface area contributed by atoms with Gasteiger partial charge in [-0.05, 0) is 6.92 Å². The van der Waals surface area contributed by atoms with Gasteiger partial charge in [-0.15, -0.1) is 0 Å². The number of carbonyl (C=O) groups is 1. The van der Waals surface area contributed by atoms with E-state index >= 15 is 0 Å². The summed E-state index contributed by atoms with van der Waals surface area (Å²) in [6, 6.07) is 0. The van der Waals surface area contributed by atoms with Gasteiger partial charge in [0.1, 0.15) is 11.9 Å². The monoisotopic (exact) mass is 213 g/mol. The molecular weight excluding hydrogens is 202 g/mol. The van der Waals surface area contributed by atoms with Crippen molar-refractivity contribution in [2.45, 2.75) is 19.9 Å². The zero-order valence-corrected chi connectivity index (χ0v) is 8.14. The Balaban J connectivity index is 2.67. The Bertz CT molecular complexity index is 386. The van der Waals surface area contributed by atoms with Gasteiger partial charge in [0.15, 0.2) is 0 Å². The predicted octanol–water partition coefficient (Wildman–Crippen LogP) is -0.520. The third-order valence-electron chi connectivity index (χ3n) is 1.85. The summed E-state index contributed by atoms with van der Waals surface area (Å²) >= 11 is 0. The number of aryl methyl sites for hydroxylation is 2. The molecule has 8 nitrogen and oxygen atoms in total. The van der Waals surface area contributed by atoms with Crippen LogP contribution in [0.5, 0.6) is 0 Å². The molecule has 0 unspecified atom stereocenters. The highest BCUT2D eigenvalue weighted by Gasteiger charge is 2.15. The summed E-state index contributed by atoms with van der Waals surface area (Å²) in [7, 11) is 0. The molecule has 0 saturated heterocycles. The fraction of sp³-hybridized carbons (Fsp3) is 0.429. The highest BCUT2D eigenvalue weighted by atomic mass is 16.6. The lowest BCUT2D eigenvalue weighted by atomic mass is 10.4. The van der Waals surface area contributed by atoms with Crippen LogP contribution in [-0.4, -0.2) is 20.6 Å². The van der Waals surface area contributed by atoms with E-state index in [1.165, 1.54) is 17.8 Å². The molecule has 1 aromatic heterocycles. The van der Waals surface area contributed by atoms with Gasteiger partial charge in [-0.2, -0.15) is 5.10 Å². The Morgan fingerprint density at radius 1 is 1.80 bits per heavy atom. The van der Waals surface area contributed by atoms with Crippen molar-refractivity contribution in [3.63, 3.8) is 0 Å². The molecule has 0 aromatic carbocycles. The molecule has 1 heterocycles. The van der Waals surface area contributed by atoms with E-state index in [0.717, 1.165) is 0 Å². The van der Waals surface area contributed by atoms with E-state index in [-0.39, 0.29) is 24.6 Å². The lowest BCUT2D eigenvalue weighted by Crippen LogP contribution is -2.30. The van der Waals surface area contributed by atoms with Crippen LogP contribution in [0.2, 0.25) is 0 Å². The van der Waals surface area contributed by atoms with Crippen molar-refractivity contribution in [2.24, 2.45) is 5.84 Å². The van der Waals surface area contributed by atoms with Gasteiger partial charge in [0.2, 0.25) is 5.91 Å². The third-order valence-corrected chi connectivity index (χ3v) is 1.85. The van der Waals surface area contributed by atoms with Gasteiger partial charge in [-0.3, -0.25) is 25.0 Å². The van der Waals surface area contributed by atoms with E-state index in [2.05, 4.69) is 5.10 Å². The van der Waals surface area contributed by atoms with Crippen LogP contribution in [0.15, 0.2) is 6.20 Å². The zero-order chi connectivity index (χ0) is 11.4. The Morgan fingerprint density at radius 3 is 2.93 bits per heavy atom. The molecule has 8 heteroatoms. The van der Waals surface area contributed by atoms with Crippen molar-refractivity contribution >= 4 is 11.6 Å². The lowest BCUT2D eigenvalue weighted by Gasteiger charge is -1.98. The van der Waals surface area contributed by atoms with Crippen LogP contribution in [0.1, 0.15) is 12.1 Å². The van der Waals surface area contributed by atoms with E-state index in [9.17, 15) is 14.9 Å². The third kappa shape index (κ3) is 2.74. The summed E-state index contributed by atoms with van der Waals surface area (Å²) in [4.78, 5) is 20.8. The number of nitrogens with two attached hydrogens (primary N) is 1. The van der Waals surface area contributed by atoms with Crippen molar-refractivity contribution in [1.29, 1.82) is 0 Å². The predicted molar refractivity (Wildman–Crippen MR) is 50.6 cm³/mol. The van der Waals surface area contributed by atoms with Gasteiger partial charge in [0.25, 0.3) is 0 Å². The summed E-state index contributed by atoms with van der Waals surface area (Å²) in [6.45, 7) is 1.80. The second-order valence-corrected chi connectivity index (χ2v) is 2.94. The molecule has 0 radical (unpaired) electrons. The first-order valence-corrected chi connectivity index (χ1v) is 4.22. The van der Waals surface area contributed by atoms with E-state index in [1.807, 2.05) is 5.43 Å². The number of nitrogens with zero attached hydrogens (tertiary/aromatic N) is 3. The van der Waals surface area contributed by atoms with Crippen LogP contribution in [0, 0.1) is 17.0 Å². The molecular formula is C7H11N5O3. The van der Waals surface area contributed by atoms with Crippen LogP contribution >= 0.6 is 0 Å². The van der Waals surface area contributed by atoms with Crippen LogP contribution in [0.4, 0.5) is 5.69 Å². The maximum absolute atomic E-state index is 10.8. The number of hydrogen-bond acceptors (Lipinski definition) is 5. The number of nitrogens with one attached hydrogen (secondary N) is 1. The topological polar surface area (TPSA) is 116 Å². The number of amides is 1. The molecule has 0 aliphatic carbocycles. The minimum absolute atomic E-state index is 0.0526.